The third-order valence-corrected chi connectivity index (χ3v) is 6.52. The second-order valence-electron chi connectivity index (χ2n) is 7.62. The molecule has 0 unspecified atom stereocenters. The monoisotopic (exact) mass is 513 g/mol. The Labute approximate surface area is 205 Å². The summed E-state index contributed by atoms with van der Waals surface area (Å²) in [5.74, 6) is -0.792. The number of halogens is 2. The number of sulfonamides is 1. The van der Waals surface area contributed by atoms with E-state index in [1.807, 2.05) is 44.2 Å². The number of carbonyl (C=O) groups is 2. The van der Waals surface area contributed by atoms with Crippen molar-refractivity contribution < 1.29 is 18.0 Å². The van der Waals surface area contributed by atoms with E-state index in [1.54, 1.807) is 0 Å². The summed E-state index contributed by atoms with van der Waals surface area (Å²) in [5, 5.41) is 3.32. The van der Waals surface area contributed by atoms with E-state index in [2.05, 4.69) is 5.32 Å². The van der Waals surface area contributed by atoms with Crippen molar-refractivity contribution in [2.45, 2.75) is 39.3 Å². The van der Waals surface area contributed by atoms with Gasteiger partial charge in [0, 0.05) is 23.1 Å². The highest BCUT2D eigenvalue weighted by Gasteiger charge is 2.31. The van der Waals surface area contributed by atoms with Crippen LogP contribution in [0.3, 0.4) is 0 Å². The minimum atomic E-state index is -3.85. The summed E-state index contributed by atoms with van der Waals surface area (Å²) < 4.78 is 26.1. The lowest BCUT2D eigenvalue weighted by Gasteiger charge is -2.33. The van der Waals surface area contributed by atoms with Gasteiger partial charge in [-0.15, -0.1) is 0 Å². The van der Waals surface area contributed by atoms with E-state index in [1.165, 1.54) is 23.1 Å². The molecule has 0 bridgehead atoms. The van der Waals surface area contributed by atoms with E-state index in [9.17, 15) is 18.0 Å². The first-order valence-electron chi connectivity index (χ1n) is 10.6. The molecule has 0 aliphatic rings. The first-order valence-corrected chi connectivity index (χ1v) is 13.2. The molecule has 0 aromatic heterocycles. The zero-order valence-corrected chi connectivity index (χ0v) is 21.3. The van der Waals surface area contributed by atoms with Crippen LogP contribution in [-0.2, 0) is 26.2 Å². The summed E-state index contributed by atoms with van der Waals surface area (Å²) in [4.78, 5) is 27.8. The van der Waals surface area contributed by atoms with E-state index in [-0.39, 0.29) is 28.2 Å². The molecule has 0 fully saturated rings. The van der Waals surface area contributed by atoms with Gasteiger partial charge in [-0.1, -0.05) is 67.4 Å². The van der Waals surface area contributed by atoms with Crippen molar-refractivity contribution in [3.8, 4) is 0 Å². The molecule has 2 aromatic rings. The predicted octanol–water partition coefficient (Wildman–Crippen LogP) is 4.09. The van der Waals surface area contributed by atoms with Gasteiger partial charge in [0.15, 0.2) is 0 Å². The van der Waals surface area contributed by atoms with E-state index in [4.69, 9.17) is 23.2 Å². The van der Waals surface area contributed by atoms with Gasteiger partial charge < -0.3 is 10.2 Å². The Balaban J connectivity index is 2.42. The maximum Gasteiger partial charge on any atom is 0.244 e. The zero-order valence-electron chi connectivity index (χ0n) is 18.9. The van der Waals surface area contributed by atoms with Crippen LogP contribution in [0.2, 0.25) is 10.0 Å². The number of nitrogens with one attached hydrogen (secondary N) is 1. The Bertz CT molecular complexity index is 1040. The van der Waals surface area contributed by atoms with Crippen LogP contribution in [0.5, 0.6) is 0 Å². The minimum Gasteiger partial charge on any atom is -0.354 e. The quantitative estimate of drug-likeness (QED) is 0.490. The average molecular weight is 514 g/mol. The van der Waals surface area contributed by atoms with Crippen LogP contribution in [0, 0.1) is 0 Å². The Morgan fingerprint density at radius 1 is 1.03 bits per heavy atom. The lowest BCUT2D eigenvalue weighted by molar-refractivity contribution is -0.140. The molecule has 2 rings (SSSR count). The summed E-state index contributed by atoms with van der Waals surface area (Å²) in [6.45, 7) is 3.89. The fourth-order valence-electron chi connectivity index (χ4n) is 3.36. The Morgan fingerprint density at radius 3 is 2.15 bits per heavy atom. The molecule has 0 saturated heterocycles. The molecule has 180 valence electrons. The highest BCUT2D eigenvalue weighted by atomic mass is 35.5. The van der Waals surface area contributed by atoms with E-state index in [0.29, 0.717) is 13.0 Å². The summed E-state index contributed by atoms with van der Waals surface area (Å²) in [5.41, 5.74) is 0.996. The molecule has 33 heavy (non-hydrogen) atoms. The van der Waals surface area contributed by atoms with E-state index in [0.717, 1.165) is 22.5 Å². The third kappa shape index (κ3) is 7.91. The largest absolute Gasteiger partial charge is 0.354 e. The molecule has 0 heterocycles. The Kier molecular flexibility index (Phi) is 10.0. The number of carbonyl (C=O) groups excluding carboxylic acids is 2. The maximum atomic E-state index is 13.5. The lowest BCUT2D eigenvalue weighted by Crippen LogP contribution is -2.52. The van der Waals surface area contributed by atoms with Gasteiger partial charge in [-0.25, -0.2) is 8.42 Å². The van der Waals surface area contributed by atoms with Crippen molar-refractivity contribution in [3.63, 3.8) is 0 Å². The van der Waals surface area contributed by atoms with Gasteiger partial charge in [0.05, 0.1) is 11.9 Å². The van der Waals surface area contributed by atoms with Crippen molar-refractivity contribution in [2.75, 3.05) is 23.7 Å². The van der Waals surface area contributed by atoms with Crippen molar-refractivity contribution in [3.05, 3.63) is 64.1 Å². The zero-order chi connectivity index (χ0) is 24.6. The van der Waals surface area contributed by atoms with E-state index >= 15 is 0 Å². The average Bonchev–Trinajstić information content (AvgIpc) is 2.74. The Morgan fingerprint density at radius 2 is 1.64 bits per heavy atom. The number of hydrogen-bond donors (Lipinski definition) is 1. The van der Waals surface area contributed by atoms with Gasteiger partial charge >= 0.3 is 0 Å². The molecule has 10 heteroatoms. The van der Waals surface area contributed by atoms with Crippen LogP contribution >= 0.6 is 23.2 Å². The normalized spacial score (nSPS) is 12.2. The molecule has 1 N–H and O–H groups in total. The fourth-order valence-corrected chi connectivity index (χ4v) is 4.71. The van der Waals surface area contributed by atoms with Crippen molar-refractivity contribution in [2.24, 2.45) is 0 Å². The predicted molar refractivity (Wildman–Crippen MR) is 133 cm³/mol. The Hall–Kier alpha value is -2.29. The van der Waals surface area contributed by atoms with Gasteiger partial charge in [-0.3, -0.25) is 13.9 Å². The van der Waals surface area contributed by atoms with E-state index < -0.39 is 28.5 Å². The molecule has 1 atom stereocenters. The van der Waals surface area contributed by atoms with Gasteiger partial charge in [-0.05, 0) is 36.6 Å². The molecule has 0 saturated carbocycles. The van der Waals surface area contributed by atoms with Crippen molar-refractivity contribution in [1.82, 2.24) is 10.2 Å². The van der Waals surface area contributed by atoms with Gasteiger partial charge in [0.2, 0.25) is 21.8 Å². The van der Waals surface area contributed by atoms with Gasteiger partial charge in [0.1, 0.15) is 12.6 Å². The van der Waals surface area contributed by atoms with Crippen LogP contribution in [-0.4, -0.2) is 50.5 Å². The summed E-state index contributed by atoms with van der Waals surface area (Å²) in [6.07, 6.45) is 2.13. The molecular weight excluding hydrogens is 485 g/mol. The smallest absolute Gasteiger partial charge is 0.244 e. The molecular formula is C23H29Cl2N3O4S. The second kappa shape index (κ2) is 12.3. The maximum absolute atomic E-state index is 13.5. The number of nitrogens with zero attached hydrogens (tertiary/aromatic N) is 2. The number of rotatable bonds is 11. The van der Waals surface area contributed by atoms with Gasteiger partial charge in [0.25, 0.3) is 0 Å². The molecule has 0 aliphatic carbocycles. The number of amides is 2. The topological polar surface area (TPSA) is 86.8 Å². The number of hydrogen-bond acceptors (Lipinski definition) is 4. The molecule has 0 radical (unpaired) electrons. The number of anilines is 1. The highest BCUT2D eigenvalue weighted by Crippen LogP contribution is 2.27. The molecule has 7 nitrogen and oxygen atoms in total. The van der Waals surface area contributed by atoms with Crippen LogP contribution in [0.4, 0.5) is 5.69 Å². The van der Waals surface area contributed by atoms with Crippen LogP contribution in [0.25, 0.3) is 0 Å². The standard InChI is InChI=1S/C23H29Cl2N3O4S/c1-4-11-26-23(30)21(5-2)27(15-17-9-7-6-8-10-17)22(29)16-28(33(3,31)32)20-13-18(24)12-19(25)14-20/h6-10,12-14,21H,4-5,11,15-16H2,1-3H3,(H,26,30)/t21-/m0/s1. The van der Waals surface area contributed by atoms with Crippen LogP contribution in [0.15, 0.2) is 48.5 Å². The lowest BCUT2D eigenvalue weighted by atomic mass is 10.1. The first-order chi connectivity index (χ1) is 15.6. The van der Waals surface area contributed by atoms with Crippen LogP contribution in [0.1, 0.15) is 32.3 Å². The van der Waals surface area contributed by atoms with Crippen molar-refractivity contribution >= 4 is 50.7 Å². The third-order valence-electron chi connectivity index (χ3n) is 4.95. The second-order valence-corrected chi connectivity index (χ2v) is 10.4. The highest BCUT2D eigenvalue weighted by molar-refractivity contribution is 7.92. The molecule has 0 aliphatic heterocycles. The van der Waals surface area contributed by atoms with Gasteiger partial charge in [-0.2, -0.15) is 0 Å². The summed E-state index contributed by atoms with van der Waals surface area (Å²) in [7, 11) is -3.85. The van der Waals surface area contributed by atoms with Crippen molar-refractivity contribution in [1.29, 1.82) is 0 Å². The van der Waals surface area contributed by atoms with Crippen LogP contribution < -0.4 is 9.62 Å². The minimum absolute atomic E-state index is 0.158. The first kappa shape index (κ1) is 27.0. The molecule has 2 aromatic carbocycles. The summed E-state index contributed by atoms with van der Waals surface area (Å²) >= 11 is 12.1. The summed E-state index contributed by atoms with van der Waals surface area (Å²) in [6, 6.07) is 12.8. The molecule has 2 amide bonds. The SMILES string of the molecule is CCCNC(=O)[C@H](CC)N(Cc1ccccc1)C(=O)CN(c1cc(Cl)cc(Cl)c1)S(C)(=O)=O. The molecule has 0 spiro atoms. The number of benzene rings is 2. The fraction of sp³-hybridized carbons (Fsp3) is 0.391.